The maximum Gasteiger partial charge on any atom is 0.262 e. The predicted octanol–water partition coefficient (Wildman–Crippen LogP) is 5.29. The Hall–Kier alpha value is -1.99. The van der Waals surface area contributed by atoms with Gasteiger partial charge in [0.15, 0.2) is 0 Å². The van der Waals surface area contributed by atoms with Crippen LogP contribution in [0.1, 0.15) is 63.5 Å². The van der Waals surface area contributed by atoms with Crippen molar-refractivity contribution in [2.45, 2.75) is 50.0 Å². The van der Waals surface area contributed by atoms with Crippen molar-refractivity contribution >= 4 is 39.2 Å². The highest BCUT2D eigenvalue weighted by atomic mass is 32.2. The van der Waals surface area contributed by atoms with E-state index in [1.807, 2.05) is 19.9 Å². The molecule has 1 aromatic carbocycles. The van der Waals surface area contributed by atoms with Crippen LogP contribution in [0.25, 0.3) is 10.2 Å². The van der Waals surface area contributed by atoms with E-state index in [-0.39, 0.29) is 17.8 Å². The molecule has 0 saturated heterocycles. The second-order valence-corrected chi connectivity index (χ2v) is 9.60. The van der Waals surface area contributed by atoms with Crippen molar-refractivity contribution < 1.29 is 9.18 Å². The van der Waals surface area contributed by atoms with Gasteiger partial charge < -0.3 is 5.32 Å². The van der Waals surface area contributed by atoms with Gasteiger partial charge >= 0.3 is 0 Å². The summed E-state index contributed by atoms with van der Waals surface area (Å²) in [5, 5.41) is 4.12. The molecule has 1 N–H and O–H groups in total. The van der Waals surface area contributed by atoms with E-state index in [1.165, 1.54) is 29.2 Å². The zero-order valence-electron chi connectivity index (χ0n) is 15.7. The highest BCUT2D eigenvalue weighted by Crippen LogP contribution is 2.41. The van der Waals surface area contributed by atoms with Gasteiger partial charge in [0.1, 0.15) is 16.5 Å². The first kappa shape index (κ1) is 18.1. The lowest BCUT2D eigenvalue weighted by Gasteiger charge is -2.26. The van der Waals surface area contributed by atoms with Gasteiger partial charge in [0.25, 0.3) is 5.91 Å². The van der Waals surface area contributed by atoms with E-state index in [9.17, 15) is 9.18 Å². The molecule has 7 heteroatoms. The summed E-state index contributed by atoms with van der Waals surface area (Å²) < 4.78 is 14.1. The average Bonchev–Trinajstić information content (AvgIpc) is 3.46. The number of benzene rings is 1. The number of aryl methyl sites for hydroxylation is 2. The fraction of sp³-hybridized carbons (Fsp3) is 0.381. The van der Waals surface area contributed by atoms with Gasteiger partial charge in [0.05, 0.1) is 16.6 Å². The molecule has 0 radical (unpaired) electrons. The number of halogens is 1. The summed E-state index contributed by atoms with van der Waals surface area (Å²) in [6.45, 7) is 3.96. The van der Waals surface area contributed by atoms with Gasteiger partial charge in [-0.15, -0.1) is 23.1 Å². The van der Waals surface area contributed by atoms with E-state index < -0.39 is 0 Å². The highest BCUT2D eigenvalue weighted by molar-refractivity contribution is 7.99. The molecule has 4 nitrogen and oxygen atoms in total. The first-order chi connectivity index (χ1) is 13.5. The summed E-state index contributed by atoms with van der Waals surface area (Å²) >= 11 is 2.96. The quantitative estimate of drug-likeness (QED) is 0.634. The number of aromatic nitrogens is 2. The normalized spacial score (nSPS) is 18.9. The van der Waals surface area contributed by atoms with Crippen LogP contribution < -0.4 is 5.32 Å². The third-order valence-electron chi connectivity index (χ3n) is 5.47. The van der Waals surface area contributed by atoms with Crippen LogP contribution in [0.5, 0.6) is 0 Å². The second-order valence-electron chi connectivity index (χ2n) is 7.50. The van der Waals surface area contributed by atoms with Crippen LogP contribution in [0.15, 0.2) is 23.1 Å². The molecule has 1 unspecified atom stereocenters. The van der Waals surface area contributed by atoms with Gasteiger partial charge in [-0.1, -0.05) is 12.1 Å². The zero-order chi connectivity index (χ0) is 19.4. The van der Waals surface area contributed by atoms with Gasteiger partial charge in [-0.2, -0.15) is 0 Å². The maximum absolute atomic E-state index is 14.1. The summed E-state index contributed by atoms with van der Waals surface area (Å²) in [6.07, 6.45) is 3.10. The van der Waals surface area contributed by atoms with Gasteiger partial charge in [-0.25, -0.2) is 14.4 Å². The van der Waals surface area contributed by atoms with Crippen LogP contribution in [-0.2, 0) is 0 Å². The van der Waals surface area contributed by atoms with Crippen molar-refractivity contribution in [2.24, 2.45) is 0 Å². The molecule has 3 heterocycles. The summed E-state index contributed by atoms with van der Waals surface area (Å²) in [7, 11) is 0. The topological polar surface area (TPSA) is 54.9 Å². The van der Waals surface area contributed by atoms with Gasteiger partial charge in [-0.3, -0.25) is 4.79 Å². The molecule has 1 saturated carbocycles. The van der Waals surface area contributed by atoms with E-state index in [1.54, 1.807) is 6.07 Å². The minimum absolute atomic E-state index is 0.111. The van der Waals surface area contributed by atoms with Crippen LogP contribution in [0.4, 0.5) is 4.39 Å². The van der Waals surface area contributed by atoms with E-state index >= 15 is 0 Å². The van der Waals surface area contributed by atoms with Gasteiger partial charge in [0, 0.05) is 22.0 Å². The van der Waals surface area contributed by atoms with Crippen LogP contribution >= 0.6 is 23.1 Å². The van der Waals surface area contributed by atoms with Crippen molar-refractivity contribution in [1.82, 2.24) is 15.3 Å². The number of thiophene rings is 1. The number of carbonyl (C=O) groups excluding carboxylic acids is 1. The Morgan fingerprint density at radius 2 is 2.04 bits per heavy atom. The predicted molar refractivity (Wildman–Crippen MR) is 111 cm³/mol. The number of hydrogen-bond acceptors (Lipinski definition) is 5. The molecule has 3 aromatic rings. The summed E-state index contributed by atoms with van der Waals surface area (Å²) in [5.41, 5.74) is 2.75. The highest BCUT2D eigenvalue weighted by Gasteiger charge is 2.30. The van der Waals surface area contributed by atoms with Crippen molar-refractivity contribution in [1.29, 1.82) is 0 Å². The van der Waals surface area contributed by atoms with Crippen molar-refractivity contribution in [3.05, 3.63) is 51.5 Å². The first-order valence-electron chi connectivity index (χ1n) is 9.52. The number of thioether (sulfide) groups is 1. The Morgan fingerprint density at radius 1 is 1.21 bits per heavy atom. The SMILES string of the molecule is Cc1nc(C2CC2)nc2sc(C(=O)NC3CCSc4c(F)cccc43)c(C)c12. The Balaban J connectivity index is 1.48. The molecule has 1 aliphatic carbocycles. The largest absolute Gasteiger partial charge is 0.344 e. The molecule has 2 aliphatic rings. The zero-order valence-corrected chi connectivity index (χ0v) is 17.3. The maximum atomic E-state index is 14.1. The number of carbonyl (C=O) groups is 1. The lowest BCUT2D eigenvalue weighted by molar-refractivity contribution is 0.0938. The number of amides is 1. The number of nitrogens with zero attached hydrogens (tertiary/aromatic N) is 2. The molecular formula is C21H20FN3OS2. The fourth-order valence-electron chi connectivity index (χ4n) is 3.86. The molecule has 0 bridgehead atoms. The molecule has 1 fully saturated rings. The molecule has 2 aromatic heterocycles. The van der Waals surface area contributed by atoms with Gasteiger partial charge in [-0.05, 0) is 50.3 Å². The van der Waals surface area contributed by atoms with E-state index in [0.717, 1.165) is 57.9 Å². The van der Waals surface area contributed by atoms with E-state index in [4.69, 9.17) is 4.98 Å². The first-order valence-corrected chi connectivity index (χ1v) is 11.3. The van der Waals surface area contributed by atoms with Crippen molar-refractivity contribution in [3.8, 4) is 0 Å². The molecule has 144 valence electrons. The van der Waals surface area contributed by atoms with Crippen molar-refractivity contribution in [2.75, 3.05) is 5.75 Å². The monoisotopic (exact) mass is 413 g/mol. The lowest BCUT2D eigenvalue weighted by Crippen LogP contribution is -2.30. The number of fused-ring (bicyclic) bond motifs is 2. The molecule has 28 heavy (non-hydrogen) atoms. The smallest absolute Gasteiger partial charge is 0.262 e. The molecule has 0 spiro atoms. The van der Waals surface area contributed by atoms with E-state index in [0.29, 0.717) is 15.7 Å². The molecule has 1 aliphatic heterocycles. The lowest BCUT2D eigenvalue weighted by atomic mass is 10.0. The number of hydrogen-bond donors (Lipinski definition) is 1. The summed E-state index contributed by atoms with van der Waals surface area (Å²) in [5.74, 6) is 1.86. The number of rotatable bonds is 3. The van der Waals surface area contributed by atoms with Crippen LogP contribution in [0.2, 0.25) is 0 Å². The molecular weight excluding hydrogens is 393 g/mol. The average molecular weight is 414 g/mol. The molecule has 1 atom stereocenters. The summed E-state index contributed by atoms with van der Waals surface area (Å²) in [4.78, 5) is 24.7. The fourth-order valence-corrected chi connectivity index (χ4v) is 6.14. The molecule has 1 amide bonds. The van der Waals surface area contributed by atoms with Crippen molar-refractivity contribution in [3.63, 3.8) is 0 Å². The summed E-state index contributed by atoms with van der Waals surface area (Å²) in [6, 6.07) is 4.93. The Kier molecular flexibility index (Phi) is 4.39. The van der Waals surface area contributed by atoms with Crippen LogP contribution in [-0.4, -0.2) is 21.6 Å². The third-order valence-corrected chi connectivity index (χ3v) is 7.81. The minimum Gasteiger partial charge on any atom is -0.344 e. The molecule has 5 rings (SSSR count). The van der Waals surface area contributed by atoms with Crippen LogP contribution in [0.3, 0.4) is 0 Å². The van der Waals surface area contributed by atoms with Gasteiger partial charge in [0.2, 0.25) is 0 Å². The second kappa shape index (κ2) is 6.81. The standard InChI is InChI=1S/C21H20FN3OS2/c1-10-16-11(2)23-19(12-6-7-12)25-21(16)28-17(10)20(26)24-15-8-9-27-18-13(15)4-3-5-14(18)22/h3-5,12,15H,6-9H2,1-2H3,(H,24,26). The van der Waals surface area contributed by atoms with Crippen LogP contribution in [0, 0.1) is 19.7 Å². The number of nitrogens with one attached hydrogen (secondary N) is 1. The minimum atomic E-state index is -0.210. The van der Waals surface area contributed by atoms with E-state index in [2.05, 4.69) is 10.3 Å². The Bertz CT molecular complexity index is 1110. The Morgan fingerprint density at radius 3 is 2.82 bits per heavy atom. The Labute approximate surface area is 171 Å². The third kappa shape index (κ3) is 3.01.